The van der Waals surface area contributed by atoms with E-state index in [1.165, 1.54) is 31.2 Å². The SMILES string of the molecule is C[C@]12CCCC[C@H]1OC2(CCl)c1ccccc1. The van der Waals surface area contributed by atoms with Gasteiger partial charge in [-0.25, -0.2) is 0 Å². The van der Waals surface area contributed by atoms with Crippen LogP contribution >= 0.6 is 11.6 Å². The molecule has 17 heavy (non-hydrogen) atoms. The van der Waals surface area contributed by atoms with Gasteiger partial charge in [0.25, 0.3) is 0 Å². The molecule has 1 saturated heterocycles. The highest BCUT2D eigenvalue weighted by atomic mass is 35.5. The van der Waals surface area contributed by atoms with Gasteiger partial charge in [-0.15, -0.1) is 11.6 Å². The van der Waals surface area contributed by atoms with Crippen molar-refractivity contribution in [1.29, 1.82) is 0 Å². The highest BCUT2D eigenvalue weighted by Crippen LogP contribution is 2.62. The van der Waals surface area contributed by atoms with E-state index in [9.17, 15) is 0 Å². The van der Waals surface area contributed by atoms with E-state index in [0.29, 0.717) is 12.0 Å². The van der Waals surface area contributed by atoms with Crippen molar-refractivity contribution >= 4 is 11.6 Å². The van der Waals surface area contributed by atoms with Gasteiger partial charge < -0.3 is 4.74 Å². The van der Waals surface area contributed by atoms with Crippen LogP contribution in [0.5, 0.6) is 0 Å². The van der Waals surface area contributed by atoms with Crippen molar-refractivity contribution in [1.82, 2.24) is 0 Å². The summed E-state index contributed by atoms with van der Waals surface area (Å²) in [6, 6.07) is 10.5. The lowest BCUT2D eigenvalue weighted by atomic mass is 9.56. The van der Waals surface area contributed by atoms with Gasteiger partial charge in [0.2, 0.25) is 0 Å². The maximum atomic E-state index is 6.28. The van der Waals surface area contributed by atoms with Crippen molar-refractivity contribution < 1.29 is 4.74 Å². The van der Waals surface area contributed by atoms with Gasteiger partial charge in [0.1, 0.15) is 5.60 Å². The van der Waals surface area contributed by atoms with E-state index < -0.39 is 0 Å². The molecule has 92 valence electrons. The monoisotopic (exact) mass is 250 g/mol. The van der Waals surface area contributed by atoms with Crippen molar-refractivity contribution in [3.05, 3.63) is 35.9 Å². The Labute approximate surface area is 108 Å². The molecule has 1 aromatic rings. The predicted octanol–water partition coefficient (Wildman–Crippen LogP) is 4.10. The van der Waals surface area contributed by atoms with Crippen molar-refractivity contribution in [2.24, 2.45) is 5.41 Å². The smallest absolute Gasteiger partial charge is 0.115 e. The van der Waals surface area contributed by atoms with Crippen molar-refractivity contribution in [3.8, 4) is 0 Å². The third-order valence-corrected chi connectivity index (χ3v) is 5.19. The van der Waals surface area contributed by atoms with Crippen LogP contribution in [0.1, 0.15) is 38.2 Å². The van der Waals surface area contributed by atoms with Gasteiger partial charge in [0, 0.05) is 5.41 Å². The van der Waals surface area contributed by atoms with Gasteiger partial charge in [0.05, 0.1) is 12.0 Å². The molecule has 2 aliphatic rings. The number of hydrogen-bond acceptors (Lipinski definition) is 1. The van der Waals surface area contributed by atoms with Gasteiger partial charge in [-0.05, 0) is 18.4 Å². The first-order chi connectivity index (χ1) is 8.23. The number of ether oxygens (including phenoxy) is 1. The molecular formula is C15H19ClO. The lowest BCUT2D eigenvalue weighted by Gasteiger charge is -2.64. The van der Waals surface area contributed by atoms with Crippen LogP contribution in [0.2, 0.25) is 0 Å². The molecule has 1 unspecified atom stereocenters. The molecule has 0 amide bonds. The molecule has 0 radical (unpaired) electrons. The van der Waals surface area contributed by atoms with Crippen LogP contribution in [-0.2, 0) is 10.3 Å². The average Bonchev–Trinajstić information content (AvgIpc) is 2.37. The maximum Gasteiger partial charge on any atom is 0.115 e. The second-order valence-electron chi connectivity index (χ2n) is 5.60. The van der Waals surface area contributed by atoms with Crippen LogP contribution in [0.4, 0.5) is 0 Å². The summed E-state index contributed by atoms with van der Waals surface area (Å²) < 4.78 is 6.24. The lowest BCUT2D eigenvalue weighted by molar-refractivity contribution is -0.325. The topological polar surface area (TPSA) is 9.23 Å². The number of hydrogen-bond donors (Lipinski definition) is 0. The fourth-order valence-electron chi connectivity index (χ4n) is 3.64. The van der Waals surface area contributed by atoms with E-state index in [0.717, 1.165) is 0 Å². The zero-order chi connectivity index (χ0) is 11.9. The zero-order valence-electron chi connectivity index (χ0n) is 10.3. The van der Waals surface area contributed by atoms with Gasteiger partial charge in [-0.1, -0.05) is 50.1 Å². The first-order valence-corrected chi connectivity index (χ1v) is 7.06. The molecule has 0 N–H and O–H groups in total. The third-order valence-electron chi connectivity index (χ3n) is 4.82. The van der Waals surface area contributed by atoms with Gasteiger partial charge >= 0.3 is 0 Å². The summed E-state index contributed by atoms with van der Waals surface area (Å²) in [6.45, 7) is 2.36. The minimum absolute atomic E-state index is 0.231. The van der Waals surface area contributed by atoms with Crippen LogP contribution in [0, 0.1) is 5.41 Å². The van der Waals surface area contributed by atoms with E-state index in [1.54, 1.807) is 0 Å². The van der Waals surface area contributed by atoms with Crippen LogP contribution in [-0.4, -0.2) is 12.0 Å². The molecule has 1 saturated carbocycles. The minimum atomic E-state index is -0.249. The number of alkyl halides is 1. The van der Waals surface area contributed by atoms with E-state index in [1.807, 2.05) is 6.07 Å². The summed E-state index contributed by atoms with van der Waals surface area (Å²) in [5, 5.41) is 0. The Kier molecular flexibility index (Phi) is 2.72. The molecular weight excluding hydrogens is 232 g/mol. The van der Waals surface area contributed by atoms with Crippen LogP contribution in [0.15, 0.2) is 30.3 Å². The Morgan fingerprint density at radius 2 is 2.06 bits per heavy atom. The summed E-state index contributed by atoms with van der Waals surface area (Å²) in [5.41, 5.74) is 1.23. The molecule has 3 atom stereocenters. The summed E-state index contributed by atoms with van der Waals surface area (Å²) in [5.74, 6) is 0.560. The summed E-state index contributed by atoms with van der Waals surface area (Å²) in [6.07, 6.45) is 5.45. The minimum Gasteiger partial charge on any atom is -0.364 e. The van der Waals surface area contributed by atoms with E-state index in [2.05, 4.69) is 31.2 Å². The number of halogens is 1. The molecule has 0 bridgehead atoms. The average molecular weight is 251 g/mol. The summed E-state index contributed by atoms with van der Waals surface area (Å²) >= 11 is 6.28. The Morgan fingerprint density at radius 1 is 1.29 bits per heavy atom. The van der Waals surface area contributed by atoms with Crippen LogP contribution < -0.4 is 0 Å². The molecule has 1 aliphatic heterocycles. The summed E-state index contributed by atoms with van der Waals surface area (Å²) in [4.78, 5) is 0. The molecule has 3 rings (SSSR count). The molecule has 1 nitrogen and oxygen atoms in total. The zero-order valence-corrected chi connectivity index (χ0v) is 11.0. The number of fused-ring (bicyclic) bond motifs is 1. The highest BCUT2D eigenvalue weighted by molar-refractivity contribution is 6.18. The number of rotatable bonds is 2. The van der Waals surface area contributed by atoms with Crippen molar-refractivity contribution in [3.63, 3.8) is 0 Å². The fourth-order valence-corrected chi connectivity index (χ4v) is 4.16. The van der Waals surface area contributed by atoms with E-state index in [4.69, 9.17) is 16.3 Å². The molecule has 2 fully saturated rings. The van der Waals surface area contributed by atoms with Gasteiger partial charge in [-0.3, -0.25) is 0 Å². The molecule has 1 aromatic carbocycles. The number of benzene rings is 1. The van der Waals surface area contributed by atoms with Gasteiger partial charge in [-0.2, -0.15) is 0 Å². The quantitative estimate of drug-likeness (QED) is 0.718. The molecule has 0 aromatic heterocycles. The second kappa shape index (κ2) is 4.00. The largest absolute Gasteiger partial charge is 0.364 e. The fraction of sp³-hybridized carbons (Fsp3) is 0.600. The highest BCUT2D eigenvalue weighted by Gasteiger charge is 2.64. The Bertz CT molecular complexity index is 405. The molecule has 1 aliphatic carbocycles. The van der Waals surface area contributed by atoms with Crippen LogP contribution in [0.3, 0.4) is 0 Å². The van der Waals surface area contributed by atoms with Gasteiger partial charge in [0.15, 0.2) is 0 Å². The molecule has 1 heterocycles. The second-order valence-corrected chi connectivity index (χ2v) is 5.86. The molecule has 2 heteroatoms. The lowest BCUT2D eigenvalue weighted by Crippen LogP contribution is -2.67. The normalized spacial score (nSPS) is 40.5. The Hall–Kier alpha value is -0.530. The van der Waals surface area contributed by atoms with Crippen molar-refractivity contribution in [2.75, 3.05) is 5.88 Å². The third kappa shape index (κ3) is 1.42. The maximum absolute atomic E-state index is 6.28. The van der Waals surface area contributed by atoms with E-state index >= 15 is 0 Å². The van der Waals surface area contributed by atoms with E-state index in [-0.39, 0.29) is 11.0 Å². The standard InChI is InChI=1S/C15H19ClO/c1-14-10-6-5-9-13(14)17-15(14,11-16)12-7-3-2-4-8-12/h2-4,7-8,13H,5-6,9-11H2,1H3/t13-,14+,15?/m1/s1. The van der Waals surface area contributed by atoms with Crippen molar-refractivity contribution in [2.45, 2.75) is 44.3 Å². The first kappa shape index (κ1) is 11.6. The predicted molar refractivity (Wildman–Crippen MR) is 70.3 cm³/mol. The first-order valence-electron chi connectivity index (χ1n) is 6.52. The Morgan fingerprint density at radius 3 is 2.71 bits per heavy atom. The summed E-state index contributed by atoms with van der Waals surface area (Å²) in [7, 11) is 0. The Balaban J connectivity index is 2.00. The van der Waals surface area contributed by atoms with Crippen LogP contribution in [0.25, 0.3) is 0 Å². The molecule has 0 spiro atoms.